The van der Waals surface area contributed by atoms with E-state index in [9.17, 15) is 5.11 Å². The first-order valence-electron chi connectivity index (χ1n) is 5.51. The van der Waals surface area contributed by atoms with E-state index in [-0.39, 0.29) is 12.1 Å². The number of aliphatic hydroxyl groups excluding tert-OH is 1. The van der Waals surface area contributed by atoms with Crippen molar-refractivity contribution in [1.29, 1.82) is 0 Å². The van der Waals surface area contributed by atoms with E-state index in [1.807, 2.05) is 13.8 Å². The molecule has 1 aromatic rings. The smallest absolute Gasteiger partial charge is 0.0661 e. The minimum absolute atomic E-state index is 0.0754. The van der Waals surface area contributed by atoms with E-state index in [4.69, 9.17) is 17.3 Å². The molecule has 4 N–H and O–H groups in total. The number of hydrogen-bond acceptors (Lipinski definition) is 3. The molecule has 0 heterocycles. The number of nitrogen functional groups attached to an aromatic ring is 1. The lowest BCUT2D eigenvalue weighted by atomic mass is 9.93. The summed E-state index contributed by atoms with van der Waals surface area (Å²) in [6.07, 6.45) is 1.65. The Kier molecular flexibility index (Phi) is 4.44. The van der Waals surface area contributed by atoms with E-state index in [2.05, 4.69) is 5.32 Å². The highest BCUT2D eigenvalue weighted by Gasteiger charge is 2.25. The van der Waals surface area contributed by atoms with Gasteiger partial charge < -0.3 is 16.2 Å². The number of hydrogen-bond donors (Lipinski definition) is 3. The molecular formula is C12H19ClN2O. The van der Waals surface area contributed by atoms with Crippen LogP contribution < -0.4 is 11.1 Å². The molecule has 0 bridgehead atoms. The standard InChI is InChI=1S/C12H19ClN2O/c1-3-12(4-2,8-16)15-11-7-9(13)5-6-10(11)14/h5-7,15-16H,3-4,8,14H2,1-2H3. The van der Waals surface area contributed by atoms with Crippen LogP contribution in [0.2, 0.25) is 5.02 Å². The van der Waals surface area contributed by atoms with Crippen LogP contribution in [0.1, 0.15) is 26.7 Å². The van der Waals surface area contributed by atoms with Gasteiger partial charge in [-0.2, -0.15) is 0 Å². The number of rotatable bonds is 5. The number of anilines is 2. The first-order chi connectivity index (χ1) is 7.56. The molecule has 3 nitrogen and oxygen atoms in total. The summed E-state index contributed by atoms with van der Waals surface area (Å²) >= 11 is 5.92. The zero-order valence-electron chi connectivity index (χ0n) is 9.76. The Balaban J connectivity index is 2.97. The molecule has 0 saturated heterocycles. The third-order valence-electron chi connectivity index (χ3n) is 3.07. The van der Waals surface area contributed by atoms with E-state index in [1.165, 1.54) is 0 Å². The molecule has 1 aromatic carbocycles. The second kappa shape index (κ2) is 5.41. The minimum atomic E-state index is -0.321. The first kappa shape index (κ1) is 13.1. The van der Waals surface area contributed by atoms with Crippen LogP contribution in [-0.4, -0.2) is 17.3 Å². The van der Waals surface area contributed by atoms with Crippen molar-refractivity contribution in [3.63, 3.8) is 0 Å². The zero-order valence-corrected chi connectivity index (χ0v) is 10.5. The van der Waals surface area contributed by atoms with Crippen molar-refractivity contribution in [1.82, 2.24) is 0 Å². The van der Waals surface area contributed by atoms with Gasteiger partial charge in [-0.3, -0.25) is 0 Å². The predicted molar refractivity (Wildman–Crippen MR) is 69.9 cm³/mol. The van der Waals surface area contributed by atoms with Gasteiger partial charge in [-0.05, 0) is 31.0 Å². The Morgan fingerprint density at radius 1 is 1.38 bits per heavy atom. The Labute approximate surface area is 102 Å². The van der Waals surface area contributed by atoms with Crippen LogP contribution in [0, 0.1) is 0 Å². The number of halogens is 1. The second-order valence-electron chi connectivity index (χ2n) is 4.00. The Morgan fingerprint density at radius 2 is 2.00 bits per heavy atom. The van der Waals surface area contributed by atoms with Crippen molar-refractivity contribution in [2.45, 2.75) is 32.2 Å². The third kappa shape index (κ3) is 2.80. The van der Waals surface area contributed by atoms with Crippen LogP contribution in [0.3, 0.4) is 0 Å². The van der Waals surface area contributed by atoms with Gasteiger partial charge >= 0.3 is 0 Å². The molecule has 0 spiro atoms. The molecule has 0 saturated carbocycles. The molecule has 0 atom stereocenters. The SMILES string of the molecule is CCC(CC)(CO)Nc1cc(Cl)ccc1N. The highest BCUT2D eigenvalue weighted by Crippen LogP contribution is 2.28. The summed E-state index contributed by atoms with van der Waals surface area (Å²) in [7, 11) is 0. The molecular weight excluding hydrogens is 224 g/mol. The van der Waals surface area contributed by atoms with Crippen LogP contribution >= 0.6 is 11.6 Å². The number of nitrogens with two attached hydrogens (primary N) is 1. The molecule has 0 radical (unpaired) electrons. The first-order valence-corrected chi connectivity index (χ1v) is 5.88. The molecule has 1 rings (SSSR count). The highest BCUT2D eigenvalue weighted by atomic mass is 35.5. The molecule has 90 valence electrons. The zero-order chi connectivity index (χ0) is 12.2. The molecule has 0 aromatic heterocycles. The van der Waals surface area contributed by atoms with Crippen molar-refractivity contribution in [3.05, 3.63) is 23.2 Å². The maximum atomic E-state index is 9.46. The van der Waals surface area contributed by atoms with Crippen LogP contribution in [0.15, 0.2) is 18.2 Å². The van der Waals surface area contributed by atoms with E-state index < -0.39 is 0 Å². The van der Waals surface area contributed by atoms with Crippen molar-refractivity contribution < 1.29 is 5.11 Å². The largest absolute Gasteiger partial charge is 0.397 e. The maximum Gasteiger partial charge on any atom is 0.0661 e. The van der Waals surface area contributed by atoms with E-state index in [1.54, 1.807) is 18.2 Å². The molecule has 0 fully saturated rings. The quantitative estimate of drug-likeness (QED) is 0.696. The third-order valence-corrected chi connectivity index (χ3v) is 3.31. The van der Waals surface area contributed by atoms with Crippen LogP contribution in [0.4, 0.5) is 11.4 Å². The fourth-order valence-electron chi connectivity index (χ4n) is 1.61. The van der Waals surface area contributed by atoms with Gasteiger partial charge in [0.05, 0.1) is 23.5 Å². The van der Waals surface area contributed by atoms with Crippen molar-refractivity contribution >= 4 is 23.0 Å². The number of benzene rings is 1. The molecule has 0 aliphatic rings. The van der Waals surface area contributed by atoms with E-state index in [0.717, 1.165) is 18.5 Å². The lowest BCUT2D eigenvalue weighted by Gasteiger charge is -2.32. The molecule has 0 aliphatic carbocycles. The number of nitrogens with one attached hydrogen (secondary N) is 1. The summed E-state index contributed by atoms with van der Waals surface area (Å²) in [6, 6.07) is 5.30. The highest BCUT2D eigenvalue weighted by molar-refractivity contribution is 6.31. The fourth-order valence-corrected chi connectivity index (χ4v) is 1.78. The van der Waals surface area contributed by atoms with Crippen molar-refractivity contribution in [2.75, 3.05) is 17.7 Å². The second-order valence-corrected chi connectivity index (χ2v) is 4.44. The van der Waals surface area contributed by atoms with Crippen molar-refractivity contribution in [3.8, 4) is 0 Å². The van der Waals surface area contributed by atoms with Crippen LogP contribution in [-0.2, 0) is 0 Å². The van der Waals surface area contributed by atoms with Gasteiger partial charge in [-0.1, -0.05) is 25.4 Å². The predicted octanol–water partition coefficient (Wildman–Crippen LogP) is 2.89. The van der Waals surface area contributed by atoms with Gasteiger partial charge in [0, 0.05) is 5.02 Å². The van der Waals surface area contributed by atoms with E-state index >= 15 is 0 Å². The van der Waals surface area contributed by atoms with Gasteiger partial charge in [0.25, 0.3) is 0 Å². The Hall–Kier alpha value is -0.930. The summed E-state index contributed by atoms with van der Waals surface area (Å²) in [4.78, 5) is 0. The summed E-state index contributed by atoms with van der Waals surface area (Å²) < 4.78 is 0. The summed E-state index contributed by atoms with van der Waals surface area (Å²) in [5.74, 6) is 0. The molecule has 0 aliphatic heterocycles. The van der Waals surface area contributed by atoms with Crippen LogP contribution in [0.25, 0.3) is 0 Å². The van der Waals surface area contributed by atoms with Gasteiger partial charge in [0.15, 0.2) is 0 Å². The minimum Gasteiger partial charge on any atom is -0.397 e. The van der Waals surface area contributed by atoms with Crippen LogP contribution in [0.5, 0.6) is 0 Å². The fraction of sp³-hybridized carbons (Fsp3) is 0.500. The molecule has 0 amide bonds. The van der Waals surface area contributed by atoms with Gasteiger partial charge in [0.2, 0.25) is 0 Å². The Morgan fingerprint density at radius 3 is 2.50 bits per heavy atom. The average Bonchev–Trinajstić information content (AvgIpc) is 2.31. The molecule has 16 heavy (non-hydrogen) atoms. The molecule has 0 unspecified atom stereocenters. The van der Waals surface area contributed by atoms with Crippen molar-refractivity contribution in [2.24, 2.45) is 0 Å². The Bertz CT molecular complexity index is 343. The number of aliphatic hydroxyl groups is 1. The summed E-state index contributed by atoms with van der Waals surface area (Å²) in [5, 5.41) is 13.4. The summed E-state index contributed by atoms with van der Waals surface area (Å²) in [5.41, 5.74) is 6.96. The van der Waals surface area contributed by atoms with E-state index in [0.29, 0.717) is 10.7 Å². The average molecular weight is 243 g/mol. The summed E-state index contributed by atoms with van der Waals surface area (Å²) in [6.45, 7) is 4.15. The topological polar surface area (TPSA) is 58.3 Å². The van der Waals surface area contributed by atoms with Gasteiger partial charge in [-0.15, -0.1) is 0 Å². The maximum absolute atomic E-state index is 9.46. The van der Waals surface area contributed by atoms with Gasteiger partial charge in [0.1, 0.15) is 0 Å². The molecule has 4 heteroatoms. The monoisotopic (exact) mass is 242 g/mol. The lowest BCUT2D eigenvalue weighted by Crippen LogP contribution is -2.41. The lowest BCUT2D eigenvalue weighted by molar-refractivity contribution is 0.202. The normalized spacial score (nSPS) is 11.5. The van der Waals surface area contributed by atoms with Gasteiger partial charge in [-0.25, -0.2) is 0 Å².